The Bertz CT molecular complexity index is 3830. The number of rotatable bonds is 38. The lowest BCUT2D eigenvalue weighted by molar-refractivity contribution is -0.144. The van der Waals surface area contributed by atoms with Crippen LogP contribution in [-0.2, 0) is 86.4 Å². The van der Waals surface area contributed by atoms with Gasteiger partial charge in [-0.3, -0.25) is 86.7 Å². The standard InChI is InChI=1S/C70H92N14O20/c1-4-5-17-56(69(103)79-54(35-60(90)91)68(102)77-52(64(71)98)33-45-13-10-12-44-11-6-7-14-48(44)45)80(3)70(104)55(34-46-36-72-50-16-9-8-15-49(46)50)76-57(86)37-73-66(100)53(32-43-18-20-47(85)21-19-43)78-65(99)42(2)74-67(101)51(22-23-59(88)89)75-58(87)38-81-24-26-82(39-61(92)93)28-30-84(41-63(96)97)31-29-83(27-25-81)40-62(94)95/h6-16,18-21,36,42,51-56,72,85H,4-5,17,22-35,37-41H2,1-3H3,(H2,71,98)(H,73,100)(H,74,101)(H,75,87)(H,76,86)(H,77,102)(H,78,99)(H,79,103)(H,88,89)(H,90,91)(H,92,93)(H,94,95)(H,96,97)/t42-,51+,52-,53-,54-,55-,56-/m0/s1. The minimum Gasteiger partial charge on any atom is -0.508 e. The summed E-state index contributed by atoms with van der Waals surface area (Å²) in [5, 5.41) is 78.4. The number of primary amides is 1. The van der Waals surface area contributed by atoms with E-state index in [-0.39, 0.29) is 90.3 Å². The number of aliphatic carboxylic acids is 5. The Hall–Kier alpha value is -11.1. The number of nitrogens with two attached hydrogens (primary N) is 1. The van der Waals surface area contributed by atoms with Gasteiger partial charge in [0.1, 0.15) is 48.0 Å². The fourth-order valence-corrected chi connectivity index (χ4v) is 11.9. The SMILES string of the molecule is CCCC[C@@H](C(=O)N[C@@H](CC(=O)O)C(=O)N[C@@H](Cc1cccc2ccccc12)C(N)=O)N(C)C(=O)[C@H](Cc1c[nH]c2ccccc12)NC(=O)CNC(=O)[C@H](Cc1ccc(O)cc1)NC(=O)[C@H](C)NC(=O)[C@@H](CCC(=O)O)NC(=O)CN1CCN(CC(=O)O)CCN(CC(=O)O)CCN(CC(=O)O)CC1. The molecule has 0 spiro atoms. The number of carbonyl (C=O) groups excluding carboxylic acids is 9. The number of aromatic amines is 1. The Morgan fingerprint density at radius 3 is 1.59 bits per heavy atom. The Morgan fingerprint density at radius 2 is 1.02 bits per heavy atom. The molecular formula is C70H92N14O20. The Balaban J connectivity index is 1.16. The third kappa shape index (κ3) is 26.7. The van der Waals surface area contributed by atoms with Crippen molar-refractivity contribution in [3.05, 3.63) is 114 Å². The molecule has 16 N–H and O–H groups in total. The molecule has 6 rings (SSSR count). The van der Waals surface area contributed by atoms with Gasteiger partial charge in [0, 0.05) is 102 Å². The highest BCUT2D eigenvalue weighted by molar-refractivity contribution is 5.99. The van der Waals surface area contributed by atoms with E-state index in [4.69, 9.17) is 5.73 Å². The number of nitrogens with zero attached hydrogens (tertiary/aromatic N) is 5. The molecule has 1 aromatic heterocycles. The van der Waals surface area contributed by atoms with E-state index in [2.05, 4.69) is 42.2 Å². The van der Waals surface area contributed by atoms with E-state index < -0.39 is 171 Å². The topological polar surface area (TPSA) is 503 Å². The number of hydrogen-bond donors (Lipinski definition) is 15. The van der Waals surface area contributed by atoms with E-state index in [1.165, 1.54) is 48.0 Å². The number of carboxylic acids is 5. The minimum atomic E-state index is -1.78. The number of aromatic nitrogens is 1. The van der Waals surface area contributed by atoms with Crippen molar-refractivity contribution in [3.63, 3.8) is 0 Å². The summed E-state index contributed by atoms with van der Waals surface area (Å²) in [4.78, 5) is 197. The van der Waals surface area contributed by atoms with Crippen LogP contribution >= 0.6 is 0 Å². The minimum absolute atomic E-state index is 0.0159. The molecule has 0 saturated carbocycles. The molecule has 9 amide bonds. The lowest BCUT2D eigenvalue weighted by atomic mass is 9.98. The molecule has 0 aliphatic carbocycles. The van der Waals surface area contributed by atoms with Crippen LogP contribution in [0, 0.1) is 0 Å². The van der Waals surface area contributed by atoms with Gasteiger partial charge in [-0.1, -0.05) is 92.6 Å². The number of phenolic OH excluding ortho intramolecular Hbond substituents is 1. The molecule has 1 aliphatic rings. The number of phenols is 1. The largest absolute Gasteiger partial charge is 0.508 e. The second-order valence-electron chi connectivity index (χ2n) is 25.5. The molecule has 0 unspecified atom stereocenters. The number of para-hydroxylation sites is 1. The Labute approximate surface area is 598 Å². The van der Waals surface area contributed by atoms with Crippen LogP contribution in [0.5, 0.6) is 5.75 Å². The van der Waals surface area contributed by atoms with Crippen molar-refractivity contribution in [1.29, 1.82) is 0 Å². The second kappa shape index (κ2) is 40.5. The summed E-state index contributed by atoms with van der Waals surface area (Å²) in [6.45, 7) is 1.08. The number of benzene rings is 4. The average Bonchev–Trinajstić information content (AvgIpc) is 1.31. The van der Waals surface area contributed by atoms with Crippen molar-refractivity contribution in [1.82, 2.24) is 66.7 Å². The summed E-state index contributed by atoms with van der Waals surface area (Å²) < 4.78 is 0. The first-order valence-corrected chi connectivity index (χ1v) is 33.9. The van der Waals surface area contributed by atoms with Crippen molar-refractivity contribution in [2.75, 3.05) is 92.1 Å². The third-order valence-electron chi connectivity index (χ3n) is 17.5. The lowest BCUT2D eigenvalue weighted by Gasteiger charge is -2.33. The van der Waals surface area contributed by atoms with Crippen LogP contribution in [0.1, 0.15) is 69.1 Å². The van der Waals surface area contributed by atoms with Crippen LogP contribution in [-0.4, -0.2) is 278 Å². The number of H-pyrrole nitrogens is 1. The first-order valence-electron chi connectivity index (χ1n) is 33.9. The van der Waals surface area contributed by atoms with Crippen molar-refractivity contribution >= 4 is 105 Å². The van der Waals surface area contributed by atoms with Gasteiger partial charge in [-0.05, 0) is 65.4 Å². The van der Waals surface area contributed by atoms with Crippen LogP contribution in [0.2, 0.25) is 0 Å². The maximum Gasteiger partial charge on any atom is 0.317 e. The highest BCUT2D eigenvalue weighted by Crippen LogP contribution is 2.23. The van der Waals surface area contributed by atoms with E-state index in [0.717, 1.165) is 15.7 Å². The molecule has 1 fully saturated rings. The zero-order valence-corrected chi connectivity index (χ0v) is 58.0. The molecule has 562 valence electrons. The molecule has 2 heterocycles. The van der Waals surface area contributed by atoms with Crippen LogP contribution < -0.4 is 43.0 Å². The monoisotopic (exact) mass is 1450 g/mol. The number of nitrogens with one attached hydrogen (secondary N) is 8. The summed E-state index contributed by atoms with van der Waals surface area (Å²) in [5.41, 5.74) is 8.02. The zero-order chi connectivity index (χ0) is 76.2. The zero-order valence-electron chi connectivity index (χ0n) is 58.0. The van der Waals surface area contributed by atoms with Crippen LogP contribution in [0.3, 0.4) is 0 Å². The van der Waals surface area contributed by atoms with Gasteiger partial charge in [0.05, 0.1) is 39.1 Å². The van der Waals surface area contributed by atoms with Crippen molar-refractivity contribution < 1.29 is 97.8 Å². The average molecular weight is 1450 g/mol. The Kier molecular flexibility index (Phi) is 31.9. The summed E-state index contributed by atoms with van der Waals surface area (Å²) in [6, 6.07) is 14.6. The van der Waals surface area contributed by atoms with E-state index in [1.807, 2.05) is 31.2 Å². The predicted molar refractivity (Wildman–Crippen MR) is 375 cm³/mol. The predicted octanol–water partition coefficient (Wildman–Crippen LogP) is -1.58. The van der Waals surface area contributed by atoms with E-state index in [0.29, 0.717) is 40.4 Å². The smallest absolute Gasteiger partial charge is 0.317 e. The Morgan fingerprint density at radius 1 is 0.500 bits per heavy atom. The molecular weight excluding hydrogens is 1360 g/mol. The van der Waals surface area contributed by atoms with Crippen LogP contribution in [0.15, 0.2) is 97.2 Å². The molecule has 104 heavy (non-hydrogen) atoms. The molecule has 0 bridgehead atoms. The number of amides is 9. The second-order valence-corrected chi connectivity index (χ2v) is 25.5. The van der Waals surface area contributed by atoms with Crippen LogP contribution in [0.4, 0.5) is 0 Å². The maximum atomic E-state index is 15.0. The molecule has 1 saturated heterocycles. The molecule has 7 atom stereocenters. The summed E-state index contributed by atoms with van der Waals surface area (Å²) >= 11 is 0. The first-order chi connectivity index (χ1) is 49.5. The van der Waals surface area contributed by atoms with Gasteiger partial charge in [0.2, 0.25) is 53.2 Å². The summed E-state index contributed by atoms with van der Waals surface area (Å²) in [7, 11) is 1.29. The third-order valence-corrected chi connectivity index (χ3v) is 17.5. The van der Waals surface area contributed by atoms with Gasteiger partial charge in [-0.25, -0.2) is 0 Å². The number of hydrogen-bond acceptors (Lipinski definition) is 19. The number of carbonyl (C=O) groups is 14. The van der Waals surface area contributed by atoms with Gasteiger partial charge in [0.15, 0.2) is 0 Å². The van der Waals surface area contributed by atoms with Gasteiger partial charge >= 0.3 is 29.8 Å². The van der Waals surface area contributed by atoms with E-state index >= 15 is 0 Å². The molecule has 0 radical (unpaired) electrons. The number of unbranched alkanes of at least 4 members (excludes halogenated alkanes) is 1. The first kappa shape index (κ1) is 81.9. The number of carboxylic acid groups (broad SMARTS) is 5. The lowest BCUT2D eigenvalue weighted by Crippen LogP contribution is -2.59. The number of aromatic hydroxyl groups is 1. The fourth-order valence-electron chi connectivity index (χ4n) is 11.9. The van der Waals surface area contributed by atoms with Gasteiger partial charge < -0.3 is 83.5 Å². The molecule has 34 nitrogen and oxygen atoms in total. The van der Waals surface area contributed by atoms with Crippen LogP contribution in [0.25, 0.3) is 21.7 Å². The van der Waals surface area contributed by atoms with Gasteiger partial charge in [-0.2, -0.15) is 0 Å². The molecule has 5 aromatic rings. The van der Waals surface area contributed by atoms with E-state index in [9.17, 15) is 97.8 Å². The van der Waals surface area contributed by atoms with Crippen molar-refractivity contribution in [2.24, 2.45) is 5.73 Å². The van der Waals surface area contributed by atoms with E-state index in [1.54, 1.807) is 58.5 Å². The maximum absolute atomic E-state index is 15.0. The normalized spacial score (nSPS) is 15.5. The van der Waals surface area contributed by atoms with Gasteiger partial charge in [0.25, 0.3) is 0 Å². The number of fused-ring (bicyclic) bond motifs is 2. The molecule has 4 aromatic carbocycles. The van der Waals surface area contributed by atoms with Gasteiger partial charge in [-0.15, -0.1) is 0 Å². The van der Waals surface area contributed by atoms with Crippen molar-refractivity contribution in [3.8, 4) is 5.75 Å². The molecule has 34 heteroatoms. The highest BCUT2D eigenvalue weighted by Gasteiger charge is 2.37. The summed E-state index contributed by atoms with van der Waals surface area (Å²) in [6.07, 6.45) is -0.175. The number of likely N-dealkylation sites (N-methyl/N-ethyl adjacent to an activating group) is 1. The molecule has 1 aliphatic heterocycles. The quantitative estimate of drug-likeness (QED) is 0.0212. The summed E-state index contributed by atoms with van der Waals surface area (Å²) in [5.74, 6) is -15.0. The van der Waals surface area contributed by atoms with Crippen molar-refractivity contribution in [2.45, 2.75) is 114 Å². The highest BCUT2D eigenvalue weighted by atomic mass is 16.4. The fraction of sp³-hybridized carbons (Fsp3) is 0.457.